The second-order valence-electron chi connectivity index (χ2n) is 26.7. The summed E-state index contributed by atoms with van der Waals surface area (Å²) in [4.78, 5) is 22.8. The second kappa shape index (κ2) is 25.6. The summed E-state index contributed by atoms with van der Waals surface area (Å²) in [6.07, 6.45) is 3.80. The summed E-state index contributed by atoms with van der Waals surface area (Å²) in [5.41, 5.74) is 32.5. The Hall–Kier alpha value is -13.0. The van der Waals surface area contributed by atoms with Gasteiger partial charge in [0, 0.05) is 0 Å². The molecule has 0 atom stereocenters. The van der Waals surface area contributed by atoms with E-state index in [-0.39, 0.29) is 28.4 Å². The summed E-state index contributed by atoms with van der Waals surface area (Å²) in [6, 6.07) is 137. The molecule has 104 heavy (non-hydrogen) atoms. The molecule has 20 rings (SSSR count). The van der Waals surface area contributed by atoms with Crippen LogP contribution in [0.4, 0.5) is 85.3 Å². The number of hydrogen-bond donors (Lipinski definition) is 0. The van der Waals surface area contributed by atoms with Gasteiger partial charge in [-0.2, -0.15) is 0 Å². The predicted octanol–water partition coefficient (Wildman–Crippen LogP) is 18.4. The van der Waals surface area contributed by atoms with Crippen LogP contribution in [0.3, 0.4) is 0 Å². The zero-order chi connectivity index (χ0) is 68.6. The number of fused-ring (bicyclic) bond motifs is 8. The van der Waals surface area contributed by atoms with E-state index in [4.69, 9.17) is 9.97 Å². The average molecular weight is 1390 g/mol. The summed E-state index contributed by atoms with van der Waals surface area (Å²) in [6.45, 7) is -0.369. The summed E-state index contributed by atoms with van der Waals surface area (Å²) in [7, 11) is 0. The van der Waals surface area contributed by atoms with Crippen LogP contribution in [0.25, 0.3) is 44.8 Å². The molecule has 4 aliphatic heterocycles. The average Bonchev–Trinajstić information content (AvgIpc) is 0.685. The van der Waals surface area contributed by atoms with Crippen molar-refractivity contribution in [2.24, 2.45) is 0 Å². The second-order valence-corrected chi connectivity index (χ2v) is 29.0. The Morgan fingerprint density at radius 2 is 0.702 bits per heavy atom. The van der Waals surface area contributed by atoms with Crippen molar-refractivity contribution in [3.05, 3.63) is 382 Å². The van der Waals surface area contributed by atoms with Gasteiger partial charge >= 0.3 is 617 Å². The number of aromatic nitrogens is 2. The van der Waals surface area contributed by atoms with Crippen LogP contribution in [-0.2, 0) is 0 Å². The molecule has 0 bridgehead atoms. The first kappa shape index (κ1) is 60.9. The van der Waals surface area contributed by atoms with Crippen LogP contribution in [0, 0.1) is 0 Å². The van der Waals surface area contributed by atoms with Gasteiger partial charge in [-0.1, -0.05) is 0 Å². The fraction of sp³-hybridized carbons (Fsp3) is 0. The predicted molar refractivity (Wildman–Crippen MR) is 438 cm³/mol. The summed E-state index contributed by atoms with van der Waals surface area (Å²) in [5.74, 6) is 0. The molecule has 0 N–H and O–H groups in total. The van der Waals surface area contributed by atoms with Crippen LogP contribution < -0.4 is 66.2 Å². The van der Waals surface area contributed by atoms with Gasteiger partial charge in [0.15, 0.2) is 0 Å². The molecule has 0 saturated heterocycles. The van der Waals surface area contributed by atoms with Crippen molar-refractivity contribution in [2.75, 3.05) is 24.5 Å². The van der Waals surface area contributed by atoms with Crippen molar-refractivity contribution in [3.8, 4) is 44.8 Å². The maximum absolute atomic E-state index is 5.06. The molecule has 4 aliphatic rings. The summed E-state index contributed by atoms with van der Waals surface area (Å²) < 4.78 is 2.65. The van der Waals surface area contributed by atoms with Gasteiger partial charge in [-0.3, -0.25) is 0 Å². The van der Waals surface area contributed by atoms with Crippen molar-refractivity contribution in [3.63, 3.8) is 0 Å². The molecule has 0 saturated carbocycles. The number of nitrogens with zero attached hydrogens (tertiary/aromatic N) is 7. The van der Waals surface area contributed by atoms with Crippen molar-refractivity contribution in [2.45, 2.75) is 0 Å². The molecule has 0 unspecified atom stereocenters. The summed E-state index contributed by atoms with van der Waals surface area (Å²) >= 11 is -0.283. The Morgan fingerprint density at radius 3 is 1.29 bits per heavy atom. The fourth-order valence-electron chi connectivity index (χ4n) is 16.6. The molecular formula is C94H63B2N7Se. The third kappa shape index (κ3) is 10.1. The molecule has 7 nitrogen and oxygen atoms in total. The van der Waals surface area contributed by atoms with Crippen LogP contribution >= 0.6 is 0 Å². The van der Waals surface area contributed by atoms with E-state index >= 15 is 0 Å². The van der Waals surface area contributed by atoms with Crippen LogP contribution in [0.1, 0.15) is 0 Å². The zero-order valence-corrected chi connectivity index (χ0v) is 58.3. The van der Waals surface area contributed by atoms with E-state index in [0.717, 1.165) is 130 Å². The molecule has 0 aliphatic carbocycles. The Bertz CT molecular complexity index is 5850. The Morgan fingerprint density at radius 1 is 0.260 bits per heavy atom. The third-order valence-electron chi connectivity index (χ3n) is 20.9. The first-order chi connectivity index (χ1) is 51.7. The van der Waals surface area contributed by atoms with E-state index in [1.165, 1.54) is 41.7 Å². The first-order valence-electron chi connectivity index (χ1n) is 35.5. The molecule has 0 fully saturated rings. The topological polar surface area (TPSA) is 42.0 Å². The molecule has 14 aromatic carbocycles. The van der Waals surface area contributed by atoms with Crippen molar-refractivity contribution >= 4 is 155 Å². The molecule has 0 radical (unpaired) electrons. The van der Waals surface area contributed by atoms with E-state index in [1.807, 2.05) is 24.5 Å². The van der Waals surface area contributed by atoms with Gasteiger partial charge in [0.1, 0.15) is 0 Å². The van der Waals surface area contributed by atoms with Crippen LogP contribution in [0.5, 0.6) is 0 Å². The van der Waals surface area contributed by atoms with Gasteiger partial charge in [-0.25, -0.2) is 0 Å². The van der Waals surface area contributed by atoms with Gasteiger partial charge in [0.2, 0.25) is 0 Å². The Kier molecular flexibility index (Phi) is 15.0. The first-order valence-corrected chi connectivity index (χ1v) is 37.2. The van der Waals surface area contributed by atoms with E-state index in [1.54, 1.807) is 0 Å². The minimum absolute atomic E-state index is 0.163. The molecule has 486 valence electrons. The quantitative estimate of drug-likeness (QED) is 0.107. The van der Waals surface area contributed by atoms with Gasteiger partial charge in [-0.15, -0.1) is 0 Å². The summed E-state index contributed by atoms with van der Waals surface area (Å²) in [5, 5.41) is 0. The Balaban J connectivity index is 0.909. The molecule has 0 amide bonds. The molecule has 0 spiro atoms. The standard InChI is InChI=1S/C94H63B2N7Se/c1-7-32-64(33-8-1)72-46-31-47-73(65-34-9-2-10-35-65)94(72)103-86-63-90-79(62-78(86)95-76-48-21-25-54-84(76)101(69-42-17-6-18-43-69)87-58-70(59-88(103)92(87)95)99(66-36-11-3-12-37-66)67-38-13-4-14-39-67)96-77-49-22-26-55-85(77)102(83-53-24-20-45-75(83)81-51-28-30-57-98-81)89-60-71(61-91(104-90)93(89)96)100(68-40-15-5-16-41-68)82-52-23-19-44-74(82)80-50-27-29-56-97-80/h1-63H. The fourth-order valence-corrected chi connectivity index (χ4v) is 19.2. The monoisotopic (exact) mass is 1390 g/mol. The van der Waals surface area contributed by atoms with Crippen molar-refractivity contribution < 1.29 is 0 Å². The SMILES string of the molecule is c1ccc(-c2cccc(-c3ccccc3)c2N2c3cc4c(cc3B3c5ccccc5N(c5ccccc5)c5cc(N(c6ccccc6)c6ccccc6)cc2c53)B2c3ccccc3N(c3ccccc3-c3ccccn3)c3cc(N(c5ccccc5)c5ccccc5-c5ccccn5)cc(c32)[Se]4)cc1. The number of hydrogen-bond acceptors (Lipinski definition) is 7. The number of benzene rings is 14. The normalized spacial score (nSPS) is 12.7. The van der Waals surface area contributed by atoms with Crippen molar-refractivity contribution in [1.29, 1.82) is 0 Å². The third-order valence-corrected chi connectivity index (χ3v) is 23.3. The van der Waals surface area contributed by atoms with Crippen LogP contribution in [0.2, 0.25) is 0 Å². The molecule has 10 heteroatoms. The molecule has 2 aromatic heterocycles. The van der Waals surface area contributed by atoms with E-state index in [9.17, 15) is 0 Å². The Labute approximate surface area is 612 Å². The van der Waals surface area contributed by atoms with Crippen LogP contribution in [-0.4, -0.2) is 38.4 Å². The van der Waals surface area contributed by atoms with Gasteiger partial charge in [0.25, 0.3) is 0 Å². The minimum atomic E-state index is -0.283. The number of rotatable bonds is 13. The van der Waals surface area contributed by atoms with E-state index < -0.39 is 0 Å². The number of anilines is 15. The van der Waals surface area contributed by atoms with Crippen LogP contribution in [0.15, 0.2) is 382 Å². The van der Waals surface area contributed by atoms with Gasteiger partial charge < -0.3 is 0 Å². The van der Waals surface area contributed by atoms with Crippen molar-refractivity contribution in [1.82, 2.24) is 9.97 Å². The maximum atomic E-state index is 5.06. The van der Waals surface area contributed by atoms with Gasteiger partial charge in [0.05, 0.1) is 0 Å². The van der Waals surface area contributed by atoms with Gasteiger partial charge in [-0.05, 0) is 0 Å². The number of pyridine rings is 2. The molecular weight excluding hydrogens is 1330 g/mol. The number of para-hydroxylation sites is 9. The van der Waals surface area contributed by atoms with E-state index in [0.29, 0.717) is 0 Å². The molecule has 16 aromatic rings. The molecule has 6 heterocycles. The zero-order valence-electron chi connectivity index (χ0n) is 56.6. The van der Waals surface area contributed by atoms with E-state index in [2.05, 4.69) is 382 Å².